The summed E-state index contributed by atoms with van der Waals surface area (Å²) in [6.07, 6.45) is 6.55. The first-order valence-corrected chi connectivity index (χ1v) is 7.26. The zero-order chi connectivity index (χ0) is 15.1. The van der Waals surface area contributed by atoms with E-state index in [9.17, 15) is 4.79 Å². The predicted molar refractivity (Wildman–Crippen MR) is 79.9 cm³/mol. The van der Waals surface area contributed by atoms with Crippen LogP contribution in [-0.4, -0.2) is 66.7 Å². The monoisotopic (exact) mass is 293 g/mol. The van der Waals surface area contributed by atoms with Crippen molar-refractivity contribution < 1.29 is 9.53 Å². The van der Waals surface area contributed by atoms with Crippen LogP contribution in [0.4, 0.5) is 5.82 Å². The number of carbonyl (C=O) groups excluding carboxylic acids is 1. The SMILES string of the molecule is COCCCC(N)C(=O)N1CCN(c2cnccn2)CC1. The molecule has 2 N–H and O–H groups in total. The summed E-state index contributed by atoms with van der Waals surface area (Å²) in [5, 5.41) is 0. The molecule has 0 aromatic carbocycles. The molecule has 0 radical (unpaired) electrons. The van der Waals surface area contributed by atoms with Gasteiger partial charge in [0.15, 0.2) is 0 Å². The summed E-state index contributed by atoms with van der Waals surface area (Å²) in [7, 11) is 1.65. The van der Waals surface area contributed by atoms with E-state index in [1.165, 1.54) is 0 Å². The quantitative estimate of drug-likeness (QED) is 0.736. The number of rotatable bonds is 6. The molecule has 2 rings (SSSR count). The number of hydrogen-bond acceptors (Lipinski definition) is 6. The topological polar surface area (TPSA) is 84.6 Å². The largest absolute Gasteiger partial charge is 0.385 e. The van der Waals surface area contributed by atoms with E-state index < -0.39 is 6.04 Å². The lowest BCUT2D eigenvalue weighted by Gasteiger charge is -2.36. The molecule has 116 valence electrons. The van der Waals surface area contributed by atoms with Gasteiger partial charge in [0.05, 0.1) is 12.2 Å². The van der Waals surface area contributed by atoms with Crippen LogP contribution in [-0.2, 0) is 9.53 Å². The molecule has 7 nitrogen and oxygen atoms in total. The zero-order valence-electron chi connectivity index (χ0n) is 12.4. The lowest BCUT2D eigenvalue weighted by atomic mass is 10.1. The van der Waals surface area contributed by atoms with Crippen LogP contribution >= 0.6 is 0 Å². The first-order valence-electron chi connectivity index (χ1n) is 7.26. The Kier molecular flexibility index (Phi) is 5.89. The van der Waals surface area contributed by atoms with Crippen molar-refractivity contribution >= 4 is 11.7 Å². The van der Waals surface area contributed by atoms with Gasteiger partial charge in [-0.1, -0.05) is 0 Å². The number of nitrogens with two attached hydrogens (primary N) is 1. The van der Waals surface area contributed by atoms with Crippen molar-refractivity contribution in [2.45, 2.75) is 18.9 Å². The molecule has 0 saturated carbocycles. The Morgan fingerprint density at radius 3 is 2.76 bits per heavy atom. The summed E-state index contributed by atoms with van der Waals surface area (Å²) in [6, 6.07) is -0.428. The molecule has 1 aliphatic heterocycles. The van der Waals surface area contributed by atoms with Crippen LogP contribution in [0.15, 0.2) is 18.6 Å². The van der Waals surface area contributed by atoms with Gasteiger partial charge in [0.1, 0.15) is 5.82 Å². The van der Waals surface area contributed by atoms with Crippen LogP contribution in [0.2, 0.25) is 0 Å². The molecule has 0 aliphatic carbocycles. The smallest absolute Gasteiger partial charge is 0.239 e. The molecule has 1 aliphatic rings. The summed E-state index contributed by atoms with van der Waals surface area (Å²) in [5.41, 5.74) is 5.95. The molecule has 1 fully saturated rings. The third-order valence-electron chi connectivity index (χ3n) is 3.65. The number of aromatic nitrogens is 2. The van der Waals surface area contributed by atoms with E-state index in [1.54, 1.807) is 25.7 Å². The van der Waals surface area contributed by atoms with E-state index in [-0.39, 0.29) is 5.91 Å². The van der Waals surface area contributed by atoms with Crippen molar-refractivity contribution in [3.8, 4) is 0 Å². The van der Waals surface area contributed by atoms with Gasteiger partial charge in [-0.2, -0.15) is 0 Å². The second kappa shape index (κ2) is 7.90. The molecule has 1 aromatic heterocycles. The third kappa shape index (κ3) is 4.37. The van der Waals surface area contributed by atoms with E-state index in [0.717, 1.165) is 25.3 Å². The second-order valence-corrected chi connectivity index (χ2v) is 5.12. The molecule has 1 aromatic rings. The van der Waals surface area contributed by atoms with E-state index in [2.05, 4.69) is 14.9 Å². The second-order valence-electron chi connectivity index (χ2n) is 5.12. The maximum atomic E-state index is 12.2. The van der Waals surface area contributed by atoms with E-state index >= 15 is 0 Å². The fraction of sp³-hybridized carbons (Fsp3) is 0.643. The Labute approximate surface area is 125 Å². The lowest BCUT2D eigenvalue weighted by Crippen LogP contribution is -2.53. The predicted octanol–water partition coefficient (Wildman–Crippen LogP) is -0.121. The van der Waals surface area contributed by atoms with Crippen LogP contribution in [0, 0.1) is 0 Å². The maximum Gasteiger partial charge on any atom is 0.239 e. The van der Waals surface area contributed by atoms with Crippen molar-refractivity contribution in [3.63, 3.8) is 0 Å². The zero-order valence-corrected chi connectivity index (χ0v) is 12.4. The highest BCUT2D eigenvalue weighted by Crippen LogP contribution is 2.12. The van der Waals surface area contributed by atoms with Crippen molar-refractivity contribution in [1.29, 1.82) is 0 Å². The van der Waals surface area contributed by atoms with Gasteiger partial charge in [0.2, 0.25) is 5.91 Å². The highest BCUT2D eigenvalue weighted by Gasteiger charge is 2.25. The molecular weight excluding hydrogens is 270 g/mol. The molecule has 0 bridgehead atoms. The minimum absolute atomic E-state index is 0.0323. The standard InChI is InChI=1S/C14H23N5O2/c1-21-10-2-3-12(15)14(20)19-8-6-18(7-9-19)13-11-16-4-5-17-13/h4-5,11-12H,2-3,6-10,15H2,1H3. The molecule has 21 heavy (non-hydrogen) atoms. The molecule has 2 heterocycles. The Balaban J connectivity index is 1.79. The number of anilines is 1. The average Bonchev–Trinajstić information content (AvgIpc) is 2.55. The molecule has 1 atom stereocenters. The summed E-state index contributed by atoms with van der Waals surface area (Å²) >= 11 is 0. The normalized spacial score (nSPS) is 16.9. The molecule has 7 heteroatoms. The number of piperazine rings is 1. The summed E-state index contributed by atoms with van der Waals surface area (Å²) in [4.78, 5) is 24.6. The lowest BCUT2D eigenvalue weighted by molar-refractivity contribution is -0.133. The first kappa shape index (κ1) is 15.7. The minimum Gasteiger partial charge on any atom is -0.385 e. The fourth-order valence-corrected chi connectivity index (χ4v) is 2.42. The molecule has 0 spiro atoms. The third-order valence-corrected chi connectivity index (χ3v) is 3.65. The Morgan fingerprint density at radius 2 is 2.14 bits per heavy atom. The Hall–Kier alpha value is -1.73. The first-order chi connectivity index (χ1) is 10.2. The Morgan fingerprint density at radius 1 is 1.38 bits per heavy atom. The minimum atomic E-state index is -0.428. The van der Waals surface area contributed by atoms with Crippen molar-refractivity contribution in [2.24, 2.45) is 5.73 Å². The summed E-state index contributed by atoms with van der Waals surface area (Å²) < 4.78 is 4.98. The van der Waals surface area contributed by atoms with Gasteiger partial charge in [-0.25, -0.2) is 4.98 Å². The highest BCUT2D eigenvalue weighted by molar-refractivity contribution is 5.81. The van der Waals surface area contributed by atoms with Crippen LogP contribution < -0.4 is 10.6 Å². The van der Waals surface area contributed by atoms with E-state index in [4.69, 9.17) is 10.5 Å². The molecular formula is C14H23N5O2. The number of methoxy groups -OCH3 is 1. The van der Waals surface area contributed by atoms with Gasteiger partial charge in [0, 0.05) is 52.3 Å². The van der Waals surface area contributed by atoms with Crippen LogP contribution in [0.25, 0.3) is 0 Å². The number of amides is 1. The van der Waals surface area contributed by atoms with Crippen LogP contribution in [0.5, 0.6) is 0 Å². The van der Waals surface area contributed by atoms with E-state index in [0.29, 0.717) is 26.1 Å². The number of hydrogen-bond donors (Lipinski definition) is 1. The Bertz CT molecular complexity index is 434. The summed E-state index contributed by atoms with van der Waals surface area (Å²) in [6.45, 7) is 3.51. The maximum absolute atomic E-state index is 12.2. The molecule has 1 unspecified atom stereocenters. The number of ether oxygens (including phenoxy) is 1. The summed E-state index contributed by atoms with van der Waals surface area (Å²) in [5.74, 6) is 0.888. The van der Waals surface area contributed by atoms with Gasteiger partial charge in [-0.3, -0.25) is 9.78 Å². The number of carbonyl (C=O) groups is 1. The number of nitrogens with zero attached hydrogens (tertiary/aromatic N) is 4. The van der Waals surface area contributed by atoms with Crippen LogP contribution in [0.1, 0.15) is 12.8 Å². The van der Waals surface area contributed by atoms with Gasteiger partial charge in [0.25, 0.3) is 0 Å². The molecule has 1 saturated heterocycles. The van der Waals surface area contributed by atoms with Crippen LogP contribution in [0.3, 0.4) is 0 Å². The van der Waals surface area contributed by atoms with Crippen molar-refractivity contribution in [1.82, 2.24) is 14.9 Å². The highest BCUT2D eigenvalue weighted by atomic mass is 16.5. The van der Waals surface area contributed by atoms with Crippen molar-refractivity contribution in [3.05, 3.63) is 18.6 Å². The average molecular weight is 293 g/mol. The van der Waals surface area contributed by atoms with Crippen molar-refractivity contribution in [2.75, 3.05) is 44.8 Å². The van der Waals surface area contributed by atoms with Gasteiger partial charge < -0.3 is 20.3 Å². The van der Waals surface area contributed by atoms with E-state index in [1.807, 2.05) is 4.90 Å². The fourth-order valence-electron chi connectivity index (χ4n) is 2.42. The van der Waals surface area contributed by atoms with Gasteiger partial charge >= 0.3 is 0 Å². The van der Waals surface area contributed by atoms with Gasteiger partial charge in [-0.15, -0.1) is 0 Å². The molecule has 1 amide bonds. The van der Waals surface area contributed by atoms with Gasteiger partial charge in [-0.05, 0) is 12.8 Å².